The van der Waals surface area contributed by atoms with Crippen molar-refractivity contribution in [1.82, 2.24) is 31.1 Å². The number of H-pyrrole nitrogens is 2. The summed E-state index contributed by atoms with van der Waals surface area (Å²) in [5, 5.41) is 3.88. The minimum absolute atomic E-state index is 0.0347. The maximum atomic E-state index is 11.9. The van der Waals surface area contributed by atoms with E-state index in [9.17, 15) is 4.79 Å². The van der Waals surface area contributed by atoms with Gasteiger partial charge in [0.25, 0.3) is 5.56 Å². The third kappa shape index (κ3) is 2.96. The first-order valence-electron chi connectivity index (χ1n) is 7.18. The monoisotopic (exact) mass is 301 g/mol. The zero-order valence-corrected chi connectivity index (χ0v) is 12.1. The number of hydrazine groups is 1. The van der Waals surface area contributed by atoms with E-state index in [1.54, 1.807) is 6.20 Å². The van der Waals surface area contributed by atoms with Crippen molar-refractivity contribution in [3.8, 4) is 12.3 Å². The van der Waals surface area contributed by atoms with Crippen molar-refractivity contribution in [3.63, 3.8) is 0 Å². The lowest BCUT2D eigenvalue weighted by molar-refractivity contribution is 0.491. The van der Waals surface area contributed by atoms with Crippen LogP contribution in [-0.2, 0) is 6.54 Å². The SMILES string of the molecule is C#CCCC1(CCNCc2c[nH]c3nc(N)[nH]c(=O)c23)NN1. The fourth-order valence-corrected chi connectivity index (χ4v) is 2.53. The standard InChI is InChI=1S/C14H19N7O/c1-2-3-4-14(20-21-14)5-6-16-7-9-8-17-11-10(9)12(22)19-13(15)18-11/h1,8,16,20-21H,3-7H2,(H4,15,17,18,19,22). The highest BCUT2D eigenvalue weighted by Crippen LogP contribution is 2.21. The number of anilines is 1. The van der Waals surface area contributed by atoms with E-state index in [1.807, 2.05) is 0 Å². The van der Waals surface area contributed by atoms with Crippen molar-refractivity contribution in [2.45, 2.75) is 31.5 Å². The molecule has 0 bridgehead atoms. The molecule has 3 heterocycles. The molecule has 22 heavy (non-hydrogen) atoms. The van der Waals surface area contributed by atoms with Gasteiger partial charge in [0.15, 0.2) is 0 Å². The van der Waals surface area contributed by atoms with Crippen LogP contribution < -0.4 is 27.5 Å². The van der Waals surface area contributed by atoms with Gasteiger partial charge in [0.2, 0.25) is 5.95 Å². The molecular formula is C14H19N7O. The summed E-state index contributed by atoms with van der Waals surface area (Å²) in [4.78, 5) is 21.5. The number of aromatic nitrogens is 3. The zero-order valence-electron chi connectivity index (χ0n) is 12.1. The molecule has 0 spiro atoms. The fraction of sp³-hybridized carbons (Fsp3) is 0.429. The Hall–Kier alpha value is -2.34. The van der Waals surface area contributed by atoms with Gasteiger partial charge in [-0.1, -0.05) is 0 Å². The largest absolute Gasteiger partial charge is 0.369 e. The number of nitrogens with zero attached hydrogens (tertiary/aromatic N) is 1. The molecule has 0 atom stereocenters. The van der Waals surface area contributed by atoms with Gasteiger partial charge in [-0.15, -0.1) is 12.3 Å². The molecule has 0 unspecified atom stereocenters. The number of hydrogen-bond donors (Lipinski definition) is 6. The van der Waals surface area contributed by atoms with Crippen LogP contribution in [-0.4, -0.2) is 27.2 Å². The average Bonchev–Trinajstić information content (AvgIpc) is 3.14. The molecule has 0 radical (unpaired) electrons. The molecular weight excluding hydrogens is 282 g/mol. The Morgan fingerprint density at radius 1 is 1.41 bits per heavy atom. The Morgan fingerprint density at radius 3 is 2.95 bits per heavy atom. The average molecular weight is 301 g/mol. The van der Waals surface area contributed by atoms with E-state index < -0.39 is 0 Å². The van der Waals surface area contributed by atoms with E-state index in [0.29, 0.717) is 17.6 Å². The highest BCUT2D eigenvalue weighted by Gasteiger charge is 2.39. The number of terminal acetylenes is 1. The molecule has 1 saturated heterocycles. The summed E-state index contributed by atoms with van der Waals surface area (Å²) in [6, 6.07) is 0. The molecule has 0 saturated carbocycles. The summed E-state index contributed by atoms with van der Waals surface area (Å²) >= 11 is 0. The van der Waals surface area contributed by atoms with Crippen molar-refractivity contribution in [2.75, 3.05) is 12.3 Å². The summed E-state index contributed by atoms with van der Waals surface area (Å²) in [5.41, 5.74) is 12.9. The number of hydrogen-bond acceptors (Lipinski definition) is 6. The lowest BCUT2D eigenvalue weighted by Crippen LogP contribution is -2.26. The zero-order chi connectivity index (χ0) is 15.6. The van der Waals surface area contributed by atoms with E-state index in [4.69, 9.17) is 12.2 Å². The molecule has 1 aliphatic heterocycles. The Morgan fingerprint density at radius 2 is 2.23 bits per heavy atom. The van der Waals surface area contributed by atoms with Crippen molar-refractivity contribution in [2.24, 2.45) is 0 Å². The second-order valence-electron chi connectivity index (χ2n) is 5.45. The number of aromatic amines is 2. The predicted molar refractivity (Wildman–Crippen MR) is 84.5 cm³/mol. The number of rotatable bonds is 7. The van der Waals surface area contributed by atoms with Crippen molar-refractivity contribution in [1.29, 1.82) is 0 Å². The van der Waals surface area contributed by atoms with Gasteiger partial charge in [0.1, 0.15) is 5.65 Å². The Bertz CT molecular complexity index is 766. The van der Waals surface area contributed by atoms with Gasteiger partial charge in [0.05, 0.1) is 11.0 Å². The number of nitrogens with two attached hydrogens (primary N) is 1. The van der Waals surface area contributed by atoms with Gasteiger partial charge in [-0.25, -0.2) is 10.9 Å². The number of nitrogens with one attached hydrogen (secondary N) is 5. The minimum atomic E-state index is -0.225. The van der Waals surface area contributed by atoms with Crippen LogP contribution in [0.4, 0.5) is 5.95 Å². The summed E-state index contributed by atoms with van der Waals surface area (Å²) in [6.45, 7) is 1.39. The molecule has 1 aliphatic rings. The highest BCUT2D eigenvalue weighted by atomic mass is 16.1. The van der Waals surface area contributed by atoms with Crippen LogP contribution in [0.5, 0.6) is 0 Å². The first-order chi connectivity index (χ1) is 10.6. The lowest BCUT2D eigenvalue weighted by Gasteiger charge is -2.10. The maximum absolute atomic E-state index is 11.9. The second-order valence-corrected chi connectivity index (χ2v) is 5.45. The van der Waals surface area contributed by atoms with Crippen molar-refractivity contribution < 1.29 is 0 Å². The quantitative estimate of drug-likeness (QED) is 0.232. The topological polar surface area (TPSA) is 143 Å². The van der Waals surface area contributed by atoms with Crippen LogP contribution in [0.2, 0.25) is 0 Å². The molecule has 2 aromatic rings. The summed E-state index contributed by atoms with van der Waals surface area (Å²) in [6.07, 6.45) is 9.63. The molecule has 8 nitrogen and oxygen atoms in total. The third-order valence-corrected chi connectivity index (χ3v) is 3.86. The van der Waals surface area contributed by atoms with Crippen molar-refractivity contribution >= 4 is 17.0 Å². The van der Waals surface area contributed by atoms with E-state index in [1.165, 1.54) is 0 Å². The van der Waals surface area contributed by atoms with Gasteiger partial charge < -0.3 is 16.0 Å². The number of nitrogen functional groups attached to an aromatic ring is 1. The van der Waals surface area contributed by atoms with E-state index in [-0.39, 0.29) is 17.2 Å². The van der Waals surface area contributed by atoms with Gasteiger partial charge >= 0.3 is 0 Å². The van der Waals surface area contributed by atoms with Crippen LogP contribution in [0.25, 0.3) is 11.0 Å². The summed E-state index contributed by atoms with van der Waals surface area (Å²) < 4.78 is 0. The van der Waals surface area contributed by atoms with Crippen molar-refractivity contribution in [3.05, 3.63) is 22.1 Å². The maximum Gasteiger partial charge on any atom is 0.262 e. The van der Waals surface area contributed by atoms with E-state index in [0.717, 1.165) is 31.4 Å². The second kappa shape index (κ2) is 5.81. The molecule has 8 heteroatoms. The first kappa shape index (κ1) is 14.6. The minimum Gasteiger partial charge on any atom is -0.369 e. The summed E-state index contributed by atoms with van der Waals surface area (Å²) in [5.74, 6) is 2.76. The van der Waals surface area contributed by atoms with Gasteiger partial charge in [-0.2, -0.15) is 4.98 Å². The van der Waals surface area contributed by atoms with Crippen LogP contribution in [0.3, 0.4) is 0 Å². The normalized spacial score (nSPS) is 15.8. The van der Waals surface area contributed by atoms with Crippen LogP contribution in [0.1, 0.15) is 24.8 Å². The lowest BCUT2D eigenvalue weighted by atomic mass is 10.1. The van der Waals surface area contributed by atoms with Crippen LogP contribution in [0, 0.1) is 12.3 Å². The van der Waals surface area contributed by atoms with Gasteiger partial charge in [0, 0.05) is 19.2 Å². The highest BCUT2D eigenvalue weighted by molar-refractivity contribution is 5.79. The molecule has 1 fully saturated rings. The van der Waals surface area contributed by atoms with Crippen LogP contribution >= 0.6 is 0 Å². The molecule has 7 N–H and O–H groups in total. The molecule has 116 valence electrons. The molecule has 0 aliphatic carbocycles. The molecule has 0 aromatic carbocycles. The molecule has 3 rings (SSSR count). The predicted octanol–water partition coefficient (Wildman–Crippen LogP) is -0.469. The summed E-state index contributed by atoms with van der Waals surface area (Å²) in [7, 11) is 0. The van der Waals surface area contributed by atoms with Gasteiger partial charge in [-0.05, 0) is 24.9 Å². The van der Waals surface area contributed by atoms with E-state index >= 15 is 0 Å². The fourth-order valence-electron chi connectivity index (χ4n) is 2.53. The Labute approximate surface area is 127 Å². The smallest absolute Gasteiger partial charge is 0.262 e. The van der Waals surface area contributed by atoms with Crippen LogP contribution in [0.15, 0.2) is 11.0 Å². The Kier molecular flexibility index (Phi) is 3.85. The van der Waals surface area contributed by atoms with E-state index in [2.05, 4.69) is 37.0 Å². The molecule has 0 amide bonds. The Balaban J connectivity index is 1.57. The number of fused-ring (bicyclic) bond motifs is 1. The molecule has 2 aromatic heterocycles. The third-order valence-electron chi connectivity index (χ3n) is 3.86. The van der Waals surface area contributed by atoms with Gasteiger partial charge in [-0.3, -0.25) is 9.78 Å². The first-order valence-corrected chi connectivity index (χ1v) is 7.18.